The maximum absolute atomic E-state index is 12.4. The maximum atomic E-state index is 12.4. The van der Waals surface area contributed by atoms with Crippen molar-refractivity contribution in [2.24, 2.45) is 5.92 Å². The molecule has 3 N–H and O–H groups in total. The van der Waals surface area contributed by atoms with Crippen molar-refractivity contribution in [1.29, 1.82) is 0 Å². The van der Waals surface area contributed by atoms with Gasteiger partial charge in [-0.1, -0.05) is 24.3 Å². The molecule has 2 aromatic rings. The van der Waals surface area contributed by atoms with E-state index in [4.69, 9.17) is 0 Å². The molecule has 3 atom stereocenters. The van der Waals surface area contributed by atoms with Gasteiger partial charge in [0.05, 0.1) is 24.5 Å². The number of carboxylic acids is 1. The number of aliphatic hydroxyl groups excluding tert-OH is 1. The van der Waals surface area contributed by atoms with Crippen LogP contribution in [0, 0.1) is 5.92 Å². The van der Waals surface area contributed by atoms with Gasteiger partial charge in [-0.15, -0.1) is 0 Å². The number of aliphatic carboxylic acids is 1. The number of hydrogen-bond acceptors (Lipinski definition) is 5. The zero-order chi connectivity index (χ0) is 21.4. The number of aliphatic hydroxyl groups is 1. The molecule has 3 heterocycles. The van der Waals surface area contributed by atoms with E-state index in [1.165, 1.54) is 4.90 Å². The third-order valence-electron chi connectivity index (χ3n) is 5.54. The Morgan fingerprint density at radius 2 is 2.00 bits per heavy atom. The second-order valence-corrected chi connectivity index (χ2v) is 7.54. The van der Waals surface area contributed by atoms with Crippen LogP contribution in [-0.2, 0) is 20.8 Å². The fraction of sp³-hybridized carbons (Fsp3) is 0.273. The van der Waals surface area contributed by atoms with Crippen molar-refractivity contribution in [3.63, 3.8) is 0 Å². The Labute approximate surface area is 172 Å². The van der Waals surface area contributed by atoms with Crippen molar-refractivity contribution in [2.75, 3.05) is 5.32 Å². The second-order valence-electron chi connectivity index (χ2n) is 7.54. The maximum Gasteiger partial charge on any atom is 0.352 e. The molecule has 8 nitrogen and oxygen atoms in total. The summed E-state index contributed by atoms with van der Waals surface area (Å²) in [5.41, 5.74) is 2.53. The van der Waals surface area contributed by atoms with Crippen molar-refractivity contribution in [2.45, 2.75) is 31.9 Å². The van der Waals surface area contributed by atoms with Crippen LogP contribution < -0.4 is 5.32 Å². The van der Waals surface area contributed by atoms with E-state index in [9.17, 15) is 24.6 Å². The monoisotopic (exact) mass is 407 g/mol. The highest BCUT2D eigenvalue weighted by Gasteiger charge is 2.56. The highest BCUT2D eigenvalue weighted by atomic mass is 16.4. The first-order valence-electron chi connectivity index (χ1n) is 9.63. The summed E-state index contributed by atoms with van der Waals surface area (Å²) in [5.74, 6) is -2.34. The largest absolute Gasteiger partial charge is 0.477 e. The molecule has 1 saturated heterocycles. The Balaban J connectivity index is 1.57. The number of anilines is 1. The highest BCUT2D eigenvalue weighted by molar-refractivity contribution is 6.06. The van der Waals surface area contributed by atoms with Gasteiger partial charge in [-0.25, -0.2) is 4.79 Å². The van der Waals surface area contributed by atoms with Gasteiger partial charge in [-0.05, 0) is 42.2 Å². The Morgan fingerprint density at radius 3 is 2.67 bits per heavy atom. The smallest absolute Gasteiger partial charge is 0.352 e. The summed E-state index contributed by atoms with van der Waals surface area (Å²) in [5, 5.41) is 22.4. The van der Waals surface area contributed by atoms with Crippen molar-refractivity contribution in [3.8, 4) is 0 Å². The van der Waals surface area contributed by atoms with Crippen LogP contribution in [-0.4, -0.2) is 50.0 Å². The number of carboxylic acid groups (broad SMARTS) is 1. The van der Waals surface area contributed by atoms with Crippen LogP contribution in [0.1, 0.15) is 24.5 Å². The number of pyridine rings is 1. The van der Waals surface area contributed by atoms with Crippen LogP contribution in [0.5, 0.6) is 0 Å². The first-order valence-corrected chi connectivity index (χ1v) is 9.63. The van der Waals surface area contributed by atoms with Crippen molar-refractivity contribution in [1.82, 2.24) is 9.88 Å². The molecule has 1 aromatic heterocycles. The van der Waals surface area contributed by atoms with Gasteiger partial charge in [0.2, 0.25) is 11.8 Å². The Morgan fingerprint density at radius 1 is 1.27 bits per heavy atom. The van der Waals surface area contributed by atoms with Gasteiger partial charge in [0, 0.05) is 18.1 Å². The zero-order valence-corrected chi connectivity index (χ0v) is 16.3. The first-order chi connectivity index (χ1) is 14.4. The van der Waals surface area contributed by atoms with Crippen LogP contribution >= 0.6 is 0 Å². The predicted octanol–water partition coefficient (Wildman–Crippen LogP) is 1.67. The Hall–Kier alpha value is -3.52. The molecule has 2 aliphatic rings. The van der Waals surface area contributed by atoms with Gasteiger partial charge < -0.3 is 20.4 Å². The van der Waals surface area contributed by atoms with Gasteiger partial charge in [0.25, 0.3) is 0 Å². The molecular weight excluding hydrogens is 386 g/mol. The molecular formula is C22H21N3O5. The van der Waals surface area contributed by atoms with Crippen LogP contribution in [0.25, 0.3) is 5.57 Å². The predicted molar refractivity (Wildman–Crippen MR) is 108 cm³/mol. The van der Waals surface area contributed by atoms with Crippen LogP contribution in [0.3, 0.4) is 0 Å². The number of fused-ring (bicyclic) bond motifs is 1. The average Bonchev–Trinajstić information content (AvgIpc) is 3.04. The van der Waals surface area contributed by atoms with E-state index in [0.29, 0.717) is 23.2 Å². The van der Waals surface area contributed by atoms with Gasteiger partial charge in [0.15, 0.2) is 0 Å². The molecule has 0 spiro atoms. The highest BCUT2D eigenvalue weighted by Crippen LogP contribution is 2.46. The van der Waals surface area contributed by atoms with Crippen LogP contribution in [0.2, 0.25) is 0 Å². The molecule has 0 radical (unpaired) electrons. The number of β-lactam (4-membered cyclic amide) rings is 1. The molecule has 2 aliphatic heterocycles. The van der Waals surface area contributed by atoms with E-state index in [1.54, 1.807) is 55.7 Å². The third kappa shape index (κ3) is 3.46. The van der Waals surface area contributed by atoms with E-state index in [1.807, 2.05) is 0 Å². The van der Waals surface area contributed by atoms with Gasteiger partial charge in [0.1, 0.15) is 5.70 Å². The molecule has 30 heavy (non-hydrogen) atoms. The second kappa shape index (κ2) is 7.72. The SMILES string of the molecule is C[C@@H](O)[C@H]1C(=O)N2C(C(=O)O)=C(c3cccc(CC(=O)Nc4ccncc4)c3)C[C@H]12. The standard InChI is InChI=1S/C22H21N3O5/c1-12(26)19-17-11-16(20(22(29)30)25(17)21(19)28)14-4-2-3-13(9-14)10-18(27)24-15-5-7-23-8-6-15/h2-9,12,17,19,26H,10-11H2,1H3,(H,29,30)(H,23,24,27)/t12-,17-,19-/m1/s1. The van der Waals surface area contributed by atoms with Gasteiger partial charge in [-0.3, -0.25) is 14.6 Å². The Bertz CT molecular complexity index is 1050. The quantitative estimate of drug-likeness (QED) is 0.627. The number of amides is 2. The molecule has 0 bridgehead atoms. The average molecular weight is 407 g/mol. The van der Waals surface area contributed by atoms with Crippen molar-refractivity contribution >= 4 is 29.0 Å². The third-order valence-corrected chi connectivity index (χ3v) is 5.54. The molecule has 1 aromatic carbocycles. The minimum Gasteiger partial charge on any atom is -0.477 e. The number of hydrogen-bond donors (Lipinski definition) is 3. The lowest BCUT2D eigenvalue weighted by molar-refractivity contribution is -0.161. The summed E-state index contributed by atoms with van der Waals surface area (Å²) in [4.78, 5) is 41.8. The zero-order valence-electron chi connectivity index (χ0n) is 16.3. The lowest BCUT2D eigenvalue weighted by atomic mass is 9.82. The lowest BCUT2D eigenvalue weighted by Gasteiger charge is -2.44. The molecule has 0 aliphatic carbocycles. The fourth-order valence-electron chi connectivity index (χ4n) is 4.22. The molecule has 0 unspecified atom stereocenters. The first kappa shape index (κ1) is 19.8. The summed E-state index contributed by atoms with van der Waals surface area (Å²) in [7, 11) is 0. The molecule has 1 fully saturated rings. The number of carbonyl (C=O) groups is 3. The number of rotatable bonds is 6. The number of benzene rings is 1. The molecule has 154 valence electrons. The summed E-state index contributed by atoms with van der Waals surface area (Å²) in [6.07, 6.45) is 2.81. The van der Waals surface area contributed by atoms with E-state index >= 15 is 0 Å². The normalized spacial score (nSPS) is 21.1. The summed E-state index contributed by atoms with van der Waals surface area (Å²) < 4.78 is 0. The van der Waals surface area contributed by atoms with E-state index in [-0.39, 0.29) is 30.0 Å². The van der Waals surface area contributed by atoms with Crippen LogP contribution in [0.4, 0.5) is 5.69 Å². The topological polar surface area (TPSA) is 120 Å². The number of nitrogens with zero attached hydrogens (tertiary/aromatic N) is 2. The minimum absolute atomic E-state index is 0.0414. The number of aromatic nitrogens is 1. The number of nitrogens with one attached hydrogen (secondary N) is 1. The molecule has 0 saturated carbocycles. The van der Waals surface area contributed by atoms with Crippen molar-refractivity contribution < 1.29 is 24.6 Å². The lowest BCUT2D eigenvalue weighted by Crippen LogP contribution is -2.61. The summed E-state index contributed by atoms with van der Waals surface area (Å²) in [6, 6.07) is 10.1. The van der Waals surface area contributed by atoms with E-state index < -0.39 is 18.0 Å². The molecule has 4 rings (SSSR count). The van der Waals surface area contributed by atoms with E-state index in [0.717, 1.165) is 5.56 Å². The summed E-state index contributed by atoms with van der Waals surface area (Å²) >= 11 is 0. The number of carbonyl (C=O) groups excluding carboxylic acids is 2. The summed E-state index contributed by atoms with van der Waals surface area (Å²) in [6.45, 7) is 1.54. The van der Waals surface area contributed by atoms with E-state index in [2.05, 4.69) is 10.3 Å². The molecule has 2 amide bonds. The fourth-order valence-corrected chi connectivity index (χ4v) is 4.22. The minimum atomic E-state index is -1.18. The van der Waals surface area contributed by atoms with Crippen LogP contribution in [0.15, 0.2) is 54.5 Å². The van der Waals surface area contributed by atoms with Crippen molar-refractivity contribution in [3.05, 3.63) is 65.6 Å². The molecule has 8 heteroatoms. The Kier molecular flexibility index (Phi) is 5.09. The van der Waals surface area contributed by atoms with Gasteiger partial charge in [-0.2, -0.15) is 0 Å². The van der Waals surface area contributed by atoms with Gasteiger partial charge >= 0.3 is 5.97 Å².